The number of carboxylic acids is 1. The van der Waals surface area contributed by atoms with E-state index in [1.165, 1.54) is 0 Å². The molecule has 2 rings (SSSR count). The van der Waals surface area contributed by atoms with Gasteiger partial charge in [-0.25, -0.2) is 0 Å². The summed E-state index contributed by atoms with van der Waals surface area (Å²) < 4.78 is 10.5. The molecule has 4 heteroatoms. The summed E-state index contributed by atoms with van der Waals surface area (Å²) in [4.78, 5) is 10.9. The molecule has 1 unspecified atom stereocenters. The van der Waals surface area contributed by atoms with E-state index < -0.39 is 5.97 Å². The van der Waals surface area contributed by atoms with E-state index in [2.05, 4.69) is 0 Å². The van der Waals surface area contributed by atoms with Crippen LogP contribution in [0.25, 0.3) is 0 Å². The molecule has 1 aromatic carbocycles. The lowest BCUT2D eigenvalue weighted by Crippen LogP contribution is -2.13. The average molecular weight is 264 g/mol. The van der Waals surface area contributed by atoms with Crippen molar-refractivity contribution in [3.63, 3.8) is 0 Å². The Morgan fingerprint density at radius 2 is 1.95 bits per heavy atom. The van der Waals surface area contributed by atoms with Gasteiger partial charge >= 0.3 is 5.97 Å². The molecule has 1 atom stereocenters. The topological polar surface area (TPSA) is 55.8 Å². The van der Waals surface area contributed by atoms with Crippen LogP contribution in [0, 0.1) is 0 Å². The predicted molar refractivity (Wildman–Crippen MR) is 71.2 cm³/mol. The second kappa shape index (κ2) is 5.72. The number of hydrogen-bond acceptors (Lipinski definition) is 3. The van der Waals surface area contributed by atoms with Gasteiger partial charge in [-0.1, -0.05) is 24.3 Å². The Hall–Kier alpha value is -1.39. The first kappa shape index (κ1) is 14.0. The molecule has 1 aliphatic carbocycles. The fraction of sp³-hybridized carbons (Fsp3) is 0.533. The number of benzene rings is 1. The van der Waals surface area contributed by atoms with Crippen molar-refractivity contribution in [3.05, 3.63) is 35.4 Å². The highest BCUT2D eigenvalue weighted by molar-refractivity contribution is 5.70. The molecule has 0 radical (unpaired) electrons. The van der Waals surface area contributed by atoms with Crippen LogP contribution in [0.1, 0.15) is 36.5 Å². The van der Waals surface area contributed by atoms with Gasteiger partial charge in [-0.3, -0.25) is 4.79 Å². The molecule has 0 aromatic heterocycles. The quantitative estimate of drug-likeness (QED) is 0.822. The fourth-order valence-electron chi connectivity index (χ4n) is 2.51. The number of carbonyl (C=O) groups is 1. The largest absolute Gasteiger partial charge is 0.481 e. The van der Waals surface area contributed by atoms with Crippen molar-refractivity contribution in [3.8, 4) is 0 Å². The Morgan fingerprint density at radius 3 is 2.37 bits per heavy atom. The van der Waals surface area contributed by atoms with Crippen molar-refractivity contribution >= 4 is 5.97 Å². The first-order chi connectivity index (χ1) is 9.11. The van der Waals surface area contributed by atoms with Crippen LogP contribution in [0.3, 0.4) is 0 Å². The maximum atomic E-state index is 10.9. The van der Waals surface area contributed by atoms with E-state index in [4.69, 9.17) is 14.6 Å². The second-order valence-corrected chi connectivity index (χ2v) is 5.15. The summed E-state index contributed by atoms with van der Waals surface area (Å²) in [6, 6.07) is 8.05. The van der Waals surface area contributed by atoms with E-state index in [9.17, 15) is 4.79 Å². The summed E-state index contributed by atoms with van der Waals surface area (Å²) in [5.74, 6) is -0.726. The number of hydrogen-bond donors (Lipinski definition) is 1. The van der Waals surface area contributed by atoms with Crippen molar-refractivity contribution in [1.82, 2.24) is 0 Å². The standard InChI is InChI=1S/C15H20O4/c1-18-10-13(19-2)11-3-5-12(6-4-11)15(7-8-15)9-14(16)17/h3-6,13H,7-10H2,1-2H3,(H,16,17). The zero-order valence-corrected chi connectivity index (χ0v) is 11.4. The Balaban J connectivity index is 2.12. The SMILES string of the molecule is COCC(OC)c1ccc(C2(CC(=O)O)CC2)cc1. The van der Waals surface area contributed by atoms with Crippen LogP contribution < -0.4 is 0 Å². The minimum Gasteiger partial charge on any atom is -0.481 e. The first-order valence-electron chi connectivity index (χ1n) is 6.45. The van der Waals surface area contributed by atoms with Crippen LogP contribution >= 0.6 is 0 Å². The third kappa shape index (κ3) is 3.14. The smallest absolute Gasteiger partial charge is 0.304 e. The van der Waals surface area contributed by atoms with E-state index >= 15 is 0 Å². The van der Waals surface area contributed by atoms with Crippen LogP contribution in [0.15, 0.2) is 24.3 Å². The lowest BCUT2D eigenvalue weighted by Gasteiger charge is -2.17. The van der Waals surface area contributed by atoms with Crippen molar-refractivity contribution in [2.75, 3.05) is 20.8 Å². The summed E-state index contributed by atoms with van der Waals surface area (Å²) in [5, 5.41) is 8.96. The zero-order chi connectivity index (χ0) is 13.9. The lowest BCUT2D eigenvalue weighted by molar-refractivity contribution is -0.137. The summed E-state index contributed by atoms with van der Waals surface area (Å²) in [7, 11) is 3.30. The number of carboxylic acid groups (broad SMARTS) is 1. The summed E-state index contributed by atoms with van der Waals surface area (Å²) >= 11 is 0. The highest BCUT2D eigenvalue weighted by Gasteiger charge is 2.45. The van der Waals surface area contributed by atoms with E-state index in [1.807, 2.05) is 24.3 Å². The van der Waals surface area contributed by atoms with Crippen LogP contribution in [-0.2, 0) is 19.7 Å². The van der Waals surface area contributed by atoms with Gasteiger partial charge in [-0.05, 0) is 24.0 Å². The van der Waals surface area contributed by atoms with Crippen LogP contribution in [0.5, 0.6) is 0 Å². The molecule has 0 heterocycles. The minimum atomic E-state index is -0.726. The highest BCUT2D eigenvalue weighted by Crippen LogP contribution is 2.51. The zero-order valence-electron chi connectivity index (χ0n) is 11.4. The molecule has 1 fully saturated rings. The predicted octanol–water partition coefficient (Wildman–Crippen LogP) is 2.53. The van der Waals surface area contributed by atoms with Gasteiger partial charge in [0.25, 0.3) is 0 Å². The molecule has 1 N–H and O–H groups in total. The molecule has 0 aliphatic heterocycles. The Morgan fingerprint density at radius 1 is 1.32 bits per heavy atom. The summed E-state index contributed by atoms with van der Waals surface area (Å²) in [6.45, 7) is 0.510. The average Bonchev–Trinajstić information content (AvgIpc) is 3.16. The molecule has 104 valence electrons. The van der Waals surface area contributed by atoms with Crippen molar-refractivity contribution in [2.24, 2.45) is 0 Å². The number of ether oxygens (including phenoxy) is 2. The Kier molecular flexibility index (Phi) is 4.22. The van der Waals surface area contributed by atoms with Crippen LogP contribution in [0.2, 0.25) is 0 Å². The molecule has 1 aromatic rings. The molecule has 1 aliphatic rings. The second-order valence-electron chi connectivity index (χ2n) is 5.15. The lowest BCUT2D eigenvalue weighted by atomic mass is 9.91. The Bertz CT molecular complexity index is 434. The fourth-order valence-corrected chi connectivity index (χ4v) is 2.51. The van der Waals surface area contributed by atoms with Gasteiger partial charge in [-0.2, -0.15) is 0 Å². The van der Waals surface area contributed by atoms with Crippen molar-refractivity contribution in [1.29, 1.82) is 0 Å². The molecule has 0 amide bonds. The number of methoxy groups -OCH3 is 2. The number of rotatable bonds is 7. The molecular formula is C15H20O4. The van der Waals surface area contributed by atoms with E-state index in [0.29, 0.717) is 6.61 Å². The van der Waals surface area contributed by atoms with Gasteiger partial charge in [0.15, 0.2) is 0 Å². The molecule has 0 bridgehead atoms. The molecular weight excluding hydrogens is 244 g/mol. The normalized spacial score (nSPS) is 18.0. The summed E-state index contributed by atoms with van der Waals surface area (Å²) in [5.41, 5.74) is 2.04. The van der Waals surface area contributed by atoms with E-state index in [0.717, 1.165) is 24.0 Å². The first-order valence-corrected chi connectivity index (χ1v) is 6.45. The van der Waals surface area contributed by atoms with Crippen LogP contribution in [0.4, 0.5) is 0 Å². The van der Waals surface area contributed by atoms with Gasteiger partial charge in [0.2, 0.25) is 0 Å². The summed E-state index contributed by atoms with van der Waals surface area (Å²) in [6.07, 6.45) is 2.07. The van der Waals surface area contributed by atoms with Gasteiger partial charge in [-0.15, -0.1) is 0 Å². The van der Waals surface area contributed by atoms with E-state index in [1.54, 1.807) is 14.2 Å². The van der Waals surface area contributed by atoms with Crippen LogP contribution in [-0.4, -0.2) is 31.9 Å². The molecule has 1 saturated carbocycles. The third-order valence-electron chi connectivity index (χ3n) is 3.84. The number of aliphatic carboxylic acids is 1. The monoisotopic (exact) mass is 264 g/mol. The van der Waals surface area contributed by atoms with E-state index in [-0.39, 0.29) is 17.9 Å². The highest BCUT2D eigenvalue weighted by atomic mass is 16.5. The van der Waals surface area contributed by atoms with Crippen molar-refractivity contribution < 1.29 is 19.4 Å². The maximum Gasteiger partial charge on any atom is 0.304 e. The Labute approximate surface area is 113 Å². The maximum absolute atomic E-state index is 10.9. The molecule has 19 heavy (non-hydrogen) atoms. The van der Waals surface area contributed by atoms with Gasteiger partial charge in [0.05, 0.1) is 13.0 Å². The minimum absolute atomic E-state index is 0.0753. The molecule has 0 spiro atoms. The van der Waals surface area contributed by atoms with Gasteiger partial charge in [0.1, 0.15) is 6.10 Å². The third-order valence-corrected chi connectivity index (χ3v) is 3.84. The van der Waals surface area contributed by atoms with Gasteiger partial charge < -0.3 is 14.6 Å². The van der Waals surface area contributed by atoms with Gasteiger partial charge in [0, 0.05) is 19.6 Å². The molecule has 0 saturated heterocycles. The van der Waals surface area contributed by atoms with Crippen molar-refractivity contribution in [2.45, 2.75) is 30.8 Å². The molecule has 4 nitrogen and oxygen atoms in total.